The topological polar surface area (TPSA) is 92.4 Å². The molecule has 0 heterocycles. The highest BCUT2D eigenvalue weighted by Crippen LogP contribution is 2.40. The van der Waals surface area contributed by atoms with Gasteiger partial charge in [-0.3, -0.25) is 9.59 Å². The fourth-order valence-corrected chi connectivity index (χ4v) is 2.07. The Labute approximate surface area is 102 Å². The van der Waals surface area contributed by atoms with Crippen molar-refractivity contribution in [3.8, 4) is 0 Å². The predicted octanol–water partition coefficient (Wildman–Crippen LogP) is 0.733. The van der Waals surface area contributed by atoms with Crippen molar-refractivity contribution in [2.24, 2.45) is 17.1 Å². The van der Waals surface area contributed by atoms with Crippen LogP contribution in [0.3, 0.4) is 0 Å². The highest BCUT2D eigenvalue weighted by atomic mass is 16.4. The summed E-state index contributed by atoms with van der Waals surface area (Å²) in [5.41, 5.74) is 4.82. The van der Waals surface area contributed by atoms with Gasteiger partial charge in [-0.2, -0.15) is 0 Å². The van der Waals surface area contributed by atoms with Crippen molar-refractivity contribution in [1.82, 2.24) is 5.32 Å². The molecular formula is C12H22N2O3. The van der Waals surface area contributed by atoms with Crippen LogP contribution in [0, 0.1) is 11.3 Å². The molecule has 1 aliphatic carbocycles. The van der Waals surface area contributed by atoms with Gasteiger partial charge < -0.3 is 16.2 Å². The van der Waals surface area contributed by atoms with Crippen molar-refractivity contribution in [1.29, 1.82) is 0 Å². The Morgan fingerprint density at radius 2 is 2.12 bits per heavy atom. The van der Waals surface area contributed by atoms with E-state index in [1.807, 2.05) is 6.92 Å². The van der Waals surface area contributed by atoms with Gasteiger partial charge in [-0.1, -0.05) is 19.8 Å². The number of rotatable bonds is 7. The lowest BCUT2D eigenvalue weighted by Crippen LogP contribution is -2.47. The fourth-order valence-electron chi connectivity index (χ4n) is 2.07. The van der Waals surface area contributed by atoms with Crippen LogP contribution in [0.25, 0.3) is 0 Å². The van der Waals surface area contributed by atoms with Crippen LogP contribution in [0.15, 0.2) is 0 Å². The van der Waals surface area contributed by atoms with Gasteiger partial charge in [-0.25, -0.2) is 0 Å². The van der Waals surface area contributed by atoms with Gasteiger partial charge in [0.05, 0.1) is 5.41 Å². The maximum atomic E-state index is 11.6. The molecule has 0 aromatic carbocycles. The number of amides is 1. The molecule has 1 rings (SSSR count). The predicted molar refractivity (Wildman–Crippen MR) is 64.4 cm³/mol. The molecule has 1 fully saturated rings. The third kappa shape index (κ3) is 3.43. The Kier molecular flexibility index (Phi) is 4.93. The standard InChI is InChI=1S/C12H22N2O3/c1-2-9(7-13)6-10(15)14-8-12(11(16)17)4-3-5-12/h9H,2-8,13H2,1H3,(H,14,15)(H,16,17). The first-order chi connectivity index (χ1) is 8.04. The van der Waals surface area contributed by atoms with Crippen molar-refractivity contribution in [3.63, 3.8) is 0 Å². The zero-order valence-corrected chi connectivity index (χ0v) is 10.4. The summed E-state index contributed by atoms with van der Waals surface area (Å²) in [6, 6.07) is 0. The van der Waals surface area contributed by atoms with Crippen LogP contribution in [0.5, 0.6) is 0 Å². The second-order valence-corrected chi connectivity index (χ2v) is 4.93. The number of hydrogen-bond donors (Lipinski definition) is 3. The molecule has 1 saturated carbocycles. The van der Waals surface area contributed by atoms with Crippen molar-refractivity contribution >= 4 is 11.9 Å². The van der Waals surface area contributed by atoms with E-state index in [4.69, 9.17) is 10.8 Å². The zero-order valence-electron chi connectivity index (χ0n) is 10.4. The van der Waals surface area contributed by atoms with Gasteiger partial charge in [0.1, 0.15) is 0 Å². The molecule has 1 amide bonds. The molecule has 0 aromatic heterocycles. The average molecular weight is 242 g/mol. The Morgan fingerprint density at radius 3 is 2.47 bits per heavy atom. The lowest BCUT2D eigenvalue weighted by Gasteiger charge is -2.37. The first kappa shape index (κ1) is 14.0. The second-order valence-electron chi connectivity index (χ2n) is 4.93. The van der Waals surface area contributed by atoms with Crippen LogP contribution in [-0.4, -0.2) is 30.1 Å². The third-order valence-electron chi connectivity index (χ3n) is 3.77. The SMILES string of the molecule is CCC(CN)CC(=O)NCC1(C(=O)O)CCC1. The molecule has 0 spiro atoms. The van der Waals surface area contributed by atoms with E-state index in [9.17, 15) is 9.59 Å². The summed E-state index contributed by atoms with van der Waals surface area (Å²) in [4.78, 5) is 22.7. The quantitative estimate of drug-likeness (QED) is 0.613. The molecule has 1 aliphatic rings. The van der Waals surface area contributed by atoms with E-state index in [2.05, 4.69) is 5.32 Å². The first-order valence-electron chi connectivity index (χ1n) is 6.24. The lowest BCUT2D eigenvalue weighted by molar-refractivity contribution is -0.154. The number of nitrogens with one attached hydrogen (secondary N) is 1. The van der Waals surface area contributed by atoms with Crippen LogP contribution in [0.2, 0.25) is 0 Å². The largest absolute Gasteiger partial charge is 0.481 e. The smallest absolute Gasteiger partial charge is 0.311 e. The maximum Gasteiger partial charge on any atom is 0.311 e. The van der Waals surface area contributed by atoms with Crippen molar-refractivity contribution in [2.75, 3.05) is 13.1 Å². The number of hydrogen-bond acceptors (Lipinski definition) is 3. The molecule has 0 aliphatic heterocycles. The van der Waals surface area contributed by atoms with E-state index in [1.54, 1.807) is 0 Å². The van der Waals surface area contributed by atoms with Crippen molar-refractivity contribution in [2.45, 2.75) is 39.0 Å². The molecule has 4 N–H and O–H groups in total. The summed E-state index contributed by atoms with van der Waals surface area (Å²) < 4.78 is 0. The summed E-state index contributed by atoms with van der Waals surface area (Å²) in [6.07, 6.45) is 3.52. The van der Waals surface area contributed by atoms with E-state index in [1.165, 1.54) is 0 Å². The van der Waals surface area contributed by atoms with Crippen LogP contribution in [-0.2, 0) is 9.59 Å². The van der Waals surface area contributed by atoms with E-state index in [0.29, 0.717) is 25.8 Å². The first-order valence-corrected chi connectivity index (χ1v) is 6.24. The van der Waals surface area contributed by atoms with Crippen LogP contribution >= 0.6 is 0 Å². The lowest BCUT2D eigenvalue weighted by atomic mass is 9.69. The molecule has 0 radical (unpaired) electrons. The number of carboxylic acids is 1. The van der Waals surface area contributed by atoms with E-state index < -0.39 is 11.4 Å². The Hall–Kier alpha value is -1.10. The normalized spacial score (nSPS) is 19.2. The molecule has 98 valence electrons. The molecule has 5 heteroatoms. The Bertz CT molecular complexity index is 283. The minimum absolute atomic E-state index is 0.0881. The van der Waals surface area contributed by atoms with Crippen LogP contribution in [0.1, 0.15) is 39.0 Å². The summed E-state index contributed by atoms with van der Waals surface area (Å²) in [7, 11) is 0. The molecule has 0 saturated heterocycles. The molecule has 0 aromatic rings. The van der Waals surface area contributed by atoms with Gasteiger partial charge in [0.15, 0.2) is 0 Å². The summed E-state index contributed by atoms with van der Waals surface area (Å²) in [5.74, 6) is -0.693. The number of nitrogens with two attached hydrogens (primary N) is 1. The minimum atomic E-state index is -0.796. The Morgan fingerprint density at radius 1 is 1.47 bits per heavy atom. The van der Waals surface area contributed by atoms with Gasteiger partial charge >= 0.3 is 5.97 Å². The Balaban J connectivity index is 2.34. The molecular weight excluding hydrogens is 220 g/mol. The molecule has 1 unspecified atom stereocenters. The fraction of sp³-hybridized carbons (Fsp3) is 0.833. The van der Waals surface area contributed by atoms with Crippen molar-refractivity contribution in [3.05, 3.63) is 0 Å². The zero-order chi connectivity index (χ0) is 12.9. The molecule has 5 nitrogen and oxygen atoms in total. The minimum Gasteiger partial charge on any atom is -0.481 e. The summed E-state index contributed by atoms with van der Waals surface area (Å²) >= 11 is 0. The highest BCUT2D eigenvalue weighted by Gasteiger charge is 2.44. The van der Waals surface area contributed by atoms with E-state index >= 15 is 0 Å². The summed E-state index contributed by atoms with van der Waals surface area (Å²) in [5, 5.41) is 11.8. The van der Waals surface area contributed by atoms with E-state index in [-0.39, 0.29) is 18.4 Å². The van der Waals surface area contributed by atoms with Crippen LogP contribution < -0.4 is 11.1 Å². The van der Waals surface area contributed by atoms with E-state index in [0.717, 1.165) is 12.8 Å². The second kappa shape index (κ2) is 6.00. The summed E-state index contributed by atoms with van der Waals surface area (Å²) in [6.45, 7) is 2.74. The van der Waals surface area contributed by atoms with Crippen LogP contribution in [0.4, 0.5) is 0 Å². The monoisotopic (exact) mass is 242 g/mol. The number of carbonyl (C=O) groups excluding carboxylic acids is 1. The maximum absolute atomic E-state index is 11.6. The highest BCUT2D eigenvalue weighted by molar-refractivity contribution is 5.79. The molecule has 0 bridgehead atoms. The van der Waals surface area contributed by atoms with Gasteiger partial charge in [0.25, 0.3) is 0 Å². The number of carbonyl (C=O) groups is 2. The third-order valence-corrected chi connectivity index (χ3v) is 3.77. The van der Waals surface area contributed by atoms with Gasteiger partial charge in [-0.05, 0) is 25.3 Å². The molecule has 17 heavy (non-hydrogen) atoms. The average Bonchev–Trinajstić information content (AvgIpc) is 2.23. The van der Waals surface area contributed by atoms with Gasteiger partial charge in [0, 0.05) is 13.0 Å². The van der Waals surface area contributed by atoms with Gasteiger partial charge in [-0.15, -0.1) is 0 Å². The van der Waals surface area contributed by atoms with Crippen molar-refractivity contribution < 1.29 is 14.7 Å². The van der Waals surface area contributed by atoms with Gasteiger partial charge in [0.2, 0.25) is 5.91 Å². The number of carboxylic acid groups (broad SMARTS) is 1. The number of aliphatic carboxylic acids is 1. The molecule has 1 atom stereocenters.